The van der Waals surface area contributed by atoms with Gasteiger partial charge in [0.25, 0.3) is 0 Å². The molecule has 0 bridgehead atoms. The number of aromatic nitrogens is 1. The van der Waals surface area contributed by atoms with Crippen molar-refractivity contribution in [2.75, 3.05) is 27.3 Å². The summed E-state index contributed by atoms with van der Waals surface area (Å²) in [5.74, 6) is 0.375. The maximum atomic E-state index is 13.4. The molecule has 0 saturated heterocycles. The van der Waals surface area contributed by atoms with Gasteiger partial charge >= 0.3 is 5.97 Å². The number of carbonyl (C=O) groups is 3. The van der Waals surface area contributed by atoms with Gasteiger partial charge in [0.2, 0.25) is 11.8 Å². The van der Waals surface area contributed by atoms with E-state index in [1.807, 2.05) is 36.4 Å². The van der Waals surface area contributed by atoms with E-state index in [-0.39, 0.29) is 11.8 Å². The van der Waals surface area contributed by atoms with Gasteiger partial charge in [0, 0.05) is 42.1 Å². The first-order chi connectivity index (χ1) is 18.9. The van der Waals surface area contributed by atoms with Crippen LogP contribution in [-0.4, -0.2) is 49.7 Å². The Bertz CT molecular complexity index is 1460. The smallest absolute Gasteiger partial charge is 0.337 e. The van der Waals surface area contributed by atoms with Gasteiger partial charge in [0.1, 0.15) is 5.75 Å². The molecule has 2 N–H and O–H groups in total. The quantitative estimate of drug-likeness (QED) is 0.338. The molecule has 1 fully saturated rings. The molecule has 39 heavy (non-hydrogen) atoms. The van der Waals surface area contributed by atoms with Crippen molar-refractivity contribution in [1.29, 1.82) is 0 Å². The molecule has 1 aliphatic heterocycles. The zero-order chi connectivity index (χ0) is 27.5. The minimum atomic E-state index is -0.392. The highest BCUT2D eigenvalue weighted by Crippen LogP contribution is 2.47. The Morgan fingerprint density at radius 3 is 2.46 bits per heavy atom. The summed E-state index contributed by atoms with van der Waals surface area (Å²) in [6.07, 6.45) is 7.77. The van der Waals surface area contributed by atoms with Crippen molar-refractivity contribution in [3.8, 4) is 17.0 Å². The van der Waals surface area contributed by atoms with Crippen LogP contribution in [0, 0.1) is 0 Å². The Kier molecular flexibility index (Phi) is 7.72. The number of nitrogens with zero attached hydrogens (tertiary/aromatic N) is 1. The first-order valence-electron chi connectivity index (χ1n) is 13.6. The van der Waals surface area contributed by atoms with Gasteiger partial charge < -0.3 is 24.7 Å². The van der Waals surface area contributed by atoms with E-state index in [9.17, 15) is 14.4 Å². The van der Waals surface area contributed by atoms with E-state index in [1.165, 1.54) is 38.9 Å². The van der Waals surface area contributed by atoms with Gasteiger partial charge in [-0.2, -0.15) is 0 Å². The number of benzene rings is 2. The highest BCUT2D eigenvalue weighted by Gasteiger charge is 2.30. The van der Waals surface area contributed by atoms with Crippen molar-refractivity contribution in [3.05, 3.63) is 58.7 Å². The highest BCUT2D eigenvalue weighted by molar-refractivity contribution is 6.03. The third-order valence-corrected chi connectivity index (χ3v) is 7.79. The van der Waals surface area contributed by atoms with Crippen LogP contribution >= 0.6 is 0 Å². The normalized spacial score (nSPS) is 15.0. The Labute approximate surface area is 228 Å². The molecule has 5 rings (SSSR count). The number of nitrogens with one attached hydrogen (secondary N) is 2. The summed E-state index contributed by atoms with van der Waals surface area (Å²) in [5, 5.41) is 6.76. The molecule has 2 heterocycles. The van der Waals surface area contributed by atoms with Crippen molar-refractivity contribution < 1.29 is 23.9 Å². The molecule has 0 atom stereocenters. The zero-order valence-electron chi connectivity index (χ0n) is 22.8. The molecule has 2 amide bonds. The van der Waals surface area contributed by atoms with E-state index >= 15 is 0 Å². The van der Waals surface area contributed by atoms with Crippen molar-refractivity contribution in [2.24, 2.45) is 0 Å². The van der Waals surface area contributed by atoms with E-state index < -0.39 is 5.97 Å². The number of carbonyl (C=O) groups excluding carboxylic acids is 3. The van der Waals surface area contributed by atoms with Crippen molar-refractivity contribution >= 4 is 34.8 Å². The van der Waals surface area contributed by atoms with Crippen molar-refractivity contribution in [2.45, 2.75) is 51.5 Å². The molecule has 0 spiro atoms. The maximum absolute atomic E-state index is 13.4. The monoisotopic (exact) mass is 529 g/mol. The third-order valence-electron chi connectivity index (χ3n) is 7.79. The third kappa shape index (κ3) is 5.28. The standard InChI is InChI=1S/C31H35N3O5/c1-19(35)32-13-14-33-30(36)23-15-22-16-24(38-2)10-12-25(22)29-28(20-7-5-4-6-8-20)26-11-9-21(31(37)39-3)17-27(26)34(29)18-23/h9-12,15-17,20H,4-8,13-14,18H2,1-3H3,(H,32,35)(H,33,36). The summed E-state index contributed by atoms with van der Waals surface area (Å²) >= 11 is 0. The Hall–Kier alpha value is -4.07. The van der Waals surface area contributed by atoms with Gasteiger partial charge in [-0.05, 0) is 66.3 Å². The molecule has 2 aliphatic rings. The summed E-state index contributed by atoms with van der Waals surface area (Å²) in [7, 11) is 3.02. The molecule has 1 aromatic heterocycles. The van der Waals surface area contributed by atoms with Crippen LogP contribution in [0.5, 0.6) is 5.75 Å². The lowest BCUT2D eigenvalue weighted by atomic mass is 9.81. The van der Waals surface area contributed by atoms with E-state index in [2.05, 4.69) is 21.3 Å². The van der Waals surface area contributed by atoms with Crippen LogP contribution in [0.25, 0.3) is 28.2 Å². The van der Waals surface area contributed by atoms with Gasteiger partial charge in [-0.1, -0.05) is 25.3 Å². The maximum Gasteiger partial charge on any atom is 0.337 e. The van der Waals surface area contributed by atoms with E-state index in [4.69, 9.17) is 9.47 Å². The fourth-order valence-electron chi connectivity index (χ4n) is 5.95. The average Bonchev–Trinajstić information content (AvgIpc) is 3.17. The lowest BCUT2D eigenvalue weighted by Gasteiger charge is -2.24. The van der Waals surface area contributed by atoms with Gasteiger partial charge in [-0.15, -0.1) is 0 Å². The number of esters is 1. The molecule has 1 saturated carbocycles. The fourth-order valence-corrected chi connectivity index (χ4v) is 5.95. The SMILES string of the molecule is COC(=O)c1ccc2c(C3CCCCC3)c3n(c2c1)CC(C(=O)NCCNC(C)=O)=Cc1cc(OC)ccc1-3. The Balaban J connectivity index is 1.69. The largest absolute Gasteiger partial charge is 0.497 e. The molecule has 3 aromatic rings. The Morgan fingerprint density at radius 1 is 0.974 bits per heavy atom. The van der Waals surface area contributed by atoms with E-state index in [0.717, 1.165) is 40.6 Å². The molecular weight excluding hydrogens is 494 g/mol. The minimum Gasteiger partial charge on any atom is -0.497 e. The molecule has 0 unspecified atom stereocenters. The van der Waals surface area contributed by atoms with Crippen LogP contribution in [0.4, 0.5) is 0 Å². The van der Waals surface area contributed by atoms with Gasteiger partial charge in [0.15, 0.2) is 0 Å². The second-order valence-corrected chi connectivity index (χ2v) is 10.3. The molecule has 1 aliphatic carbocycles. The second-order valence-electron chi connectivity index (χ2n) is 10.3. The summed E-state index contributed by atoms with van der Waals surface area (Å²) in [6.45, 7) is 2.46. The molecule has 8 heteroatoms. The van der Waals surface area contributed by atoms with Crippen LogP contribution in [0.2, 0.25) is 0 Å². The first kappa shape index (κ1) is 26.5. The average molecular weight is 530 g/mol. The predicted octanol–water partition coefficient (Wildman–Crippen LogP) is 4.80. The second kappa shape index (κ2) is 11.4. The molecule has 2 aromatic carbocycles. The molecule has 8 nitrogen and oxygen atoms in total. The number of methoxy groups -OCH3 is 2. The van der Waals surface area contributed by atoms with Gasteiger partial charge in [0.05, 0.1) is 32.0 Å². The number of fused-ring (bicyclic) bond motifs is 5. The fraction of sp³-hybridized carbons (Fsp3) is 0.387. The van der Waals surface area contributed by atoms with Crippen LogP contribution in [0.15, 0.2) is 42.0 Å². The lowest BCUT2D eigenvalue weighted by molar-refractivity contribution is -0.120. The minimum absolute atomic E-state index is 0.140. The number of hydrogen-bond donors (Lipinski definition) is 2. The predicted molar refractivity (Wildman–Crippen MR) is 151 cm³/mol. The summed E-state index contributed by atoms with van der Waals surface area (Å²) in [4.78, 5) is 37.2. The summed E-state index contributed by atoms with van der Waals surface area (Å²) in [5.41, 5.74) is 6.30. The summed E-state index contributed by atoms with van der Waals surface area (Å²) < 4.78 is 12.7. The van der Waals surface area contributed by atoms with Crippen molar-refractivity contribution in [3.63, 3.8) is 0 Å². The van der Waals surface area contributed by atoms with E-state index in [1.54, 1.807) is 7.11 Å². The molecular formula is C31H35N3O5. The number of ether oxygens (including phenoxy) is 2. The highest BCUT2D eigenvalue weighted by atomic mass is 16.5. The topological polar surface area (TPSA) is 98.7 Å². The lowest BCUT2D eigenvalue weighted by Crippen LogP contribution is -2.34. The zero-order valence-corrected chi connectivity index (χ0v) is 22.8. The van der Waals surface area contributed by atoms with Gasteiger partial charge in [-0.3, -0.25) is 9.59 Å². The first-order valence-corrected chi connectivity index (χ1v) is 13.6. The number of rotatable bonds is 7. The van der Waals surface area contributed by atoms with Crippen molar-refractivity contribution in [1.82, 2.24) is 15.2 Å². The van der Waals surface area contributed by atoms with Gasteiger partial charge in [-0.25, -0.2) is 4.79 Å². The van der Waals surface area contributed by atoms with Crippen LogP contribution in [-0.2, 0) is 20.9 Å². The Morgan fingerprint density at radius 2 is 1.74 bits per heavy atom. The van der Waals surface area contributed by atoms with Crippen LogP contribution in [0.1, 0.15) is 66.4 Å². The summed E-state index contributed by atoms with van der Waals surface area (Å²) in [6, 6.07) is 11.8. The van der Waals surface area contributed by atoms with Crippen LogP contribution in [0.3, 0.4) is 0 Å². The number of hydrogen-bond acceptors (Lipinski definition) is 5. The van der Waals surface area contributed by atoms with E-state index in [0.29, 0.717) is 42.4 Å². The number of amides is 2. The molecule has 0 radical (unpaired) electrons. The molecule has 204 valence electrons. The van der Waals surface area contributed by atoms with Crippen LogP contribution < -0.4 is 15.4 Å².